The summed E-state index contributed by atoms with van der Waals surface area (Å²) in [6.45, 7) is 0. The van der Waals surface area contributed by atoms with Crippen LogP contribution in [-0.4, -0.2) is 31.1 Å². The van der Waals surface area contributed by atoms with Gasteiger partial charge < -0.3 is 9.63 Å². The monoisotopic (exact) mass is 248 g/mol. The highest BCUT2D eigenvalue weighted by Gasteiger charge is 2.29. The normalized spacial score (nSPS) is 24.3. The zero-order valence-corrected chi connectivity index (χ0v) is 10.3. The van der Waals surface area contributed by atoms with Crippen LogP contribution in [0.1, 0.15) is 37.5 Å². The van der Waals surface area contributed by atoms with E-state index in [0.29, 0.717) is 11.7 Å². The average molecular weight is 248 g/mol. The third kappa shape index (κ3) is 2.03. The van der Waals surface area contributed by atoms with Crippen LogP contribution in [0.4, 0.5) is 0 Å². The molecule has 96 valence electrons. The first kappa shape index (κ1) is 11.4. The fraction of sp³-hybridized carbons (Fsp3) is 0.583. The molecule has 0 aliphatic heterocycles. The number of aliphatic hydroxyl groups excluding tert-OH is 1. The molecule has 1 fully saturated rings. The molecule has 0 radical (unpaired) electrons. The minimum atomic E-state index is -0.360. The van der Waals surface area contributed by atoms with Gasteiger partial charge in [-0.05, 0) is 12.8 Å². The van der Waals surface area contributed by atoms with Crippen LogP contribution in [0.5, 0.6) is 0 Å². The molecular weight excluding hydrogens is 232 g/mol. The SMILES string of the molecule is Cn1cc(-c2noc(C3CCCCC3O)n2)cn1. The minimum Gasteiger partial charge on any atom is -0.392 e. The first-order valence-electron chi connectivity index (χ1n) is 6.25. The lowest BCUT2D eigenvalue weighted by Gasteiger charge is -2.24. The summed E-state index contributed by atoms with van der Waals surface area (Å²) in [6, 6.07) is 0. The lowest BCUT2D eigenvalue weighted by atomic mass is 9.86. The second-order valence-electron chi connectivity index (χ2n) is 4.82. The first-order chi connectivity index (χ1) is 8.74. The molecule has 1 aliphatic rings. The van der Waals surface area contributed by atoms with E-state index in [1.165, 1.54) is 0 Å². The predicted octanol–water partition coefficient (Wildman–Crippen LogP) is 1.49. The van der Waals surface area contributed by atoms with Crippen LogP contribution >= 0.6 is 0 Å². The Labute approximate surface area is 105 Å². The van der Waals surface area contributed by atoms with E-state index in [2.05, 4.69) is 15.2 Å². The zero-order chi connectivity index (χ0) is 12.5. The van der Waals surface area contributed by atoms with Crippen LogP contribution in [0.15, 0.2) is 16.9 Å². The molecule has 6 nitrogen and oxygen atoms in total. The first-order valence-corrected chi connectivity index (χ1v) is 6.25. The summed E-state index contributed by atoms with van der Waals surface area (Å²) < 4.78 is 6.98. The molecule has 0 bridgehead atoms. The van der Waals surface area contributed by atoms with Crippen molar-refractivity contribution in [1.29, 1.82) is 0 Å². The fourth-order valence-electron chi connectivity index (χ4n) is 2.44. The van der Waals surface area contributed by atoms with E-state index in [-0.39, 0.29) is 12.0 Å². The van der Waals surface area contributed by atoms with Crippen molar-refractivity contribution in [3.63, 3.8) is 0 Å². The van der Waals surface area contributed by atoms with Crippen molar-refractivity contribution in [2.24, 2.45) is 7.05 Å². The van der Waals surface area contributed by atoms with E-state index in [4.69, 9.17) is 4.52 Å². The van der Waals surface area contributed by atoms with Gasteiger partial charge in [0.05, 0.1) is 23.8 Å². The van der Waals surface area contributed by atoms with Crippen molar-refractivity contribution in [2.75, 3.05) is 0 Å². The van der Waals surface area contributed by atoms with E-state index in [1.807, 2.05) is 13.2 Å². The molecular formula is C12H16N4O2. The second-order valence-corrected chi connectivity index (χ2v) is 4.82. The van der Waals surface area contributed by atoms with Gasteiger partial charge in [0.15, 0.2) is 0 Å². The number of rotatable bonds is 2. The summed E-state index contributed by atoms with van der Waals surface area (Å²) in [4.78, 5) is 4.38. The van der Waals surface area contributed by atoms with Gasteiger partial charge in [-0.15, -0.1) is 0 Å². The van der Waals surface area contributed by atoms with Crippen LogP contribution in [0.2, 0.25) is 0 Å². The van der Waals surface area contributed by atoms with Crippen LogP contribution in [-0.2, 0) is 7.05 Å². The highest BCUT2D eigenvalue weighted by Crippen LogP contribution is 2.32. The number of nitrogens with zero attached hydrogens (tertiary/aromatic N) is 4. The lowest BCUT2D eigenvalue weighted by molar-refractivity contribution is 0.0908. The molecule has 2 atom stereocenters. The largest absolute Gasteiger partial charge is 0.392 e. The smallest absolute Gasteiger partial charge is 0.232 e. The number of hydrogen-bond acceptors (Lipinski definition) is 5. The lowest BCUT2D eigenvalue weighted by Crippen LogP contribution is -2.22. The summed E-state index contributed by atoms with van der Waals surface area (Å²) >= 11 is 0. The molecule has 0 amide bonds. The summed E-state index contributed by atoms with van der Waals surface area (Å²) in [6.07, 6.45) is 7.08. The van der Waals surface area contributed by atoms with E-state index in [0.717, 1.165) is 31.2 Å². The van der Waals surface area contributed by atoms with Crippen molar-refractivity contribution >= 4 is 0 Å². The number of aryl methyl sites for hydroxylation is 1. The van der Waals surface area contributed by atoms with Gasteiger partial charge in [-0.1, -0.05) is 18.0 Å². The minimum absolute atomic E-state index is 0.0170. The molecule has 1 aliphatic carbocycles. The van der Waals surface area contributed by atoms with Crippen molar-refractivity contribution in [2.45, 2.75) is 37.7 Å². The van der Waals surface area contributed by atoms with Gasteiger partial charge in [0, 0.05) is 13.2 Å². The highest BCUT2D eigenvalue weighted by molar-refractivity contribution is 5.51. The quantitative estimate of drug-likeness (QED) is 0.871. The molecule has 1 saturated carbocycles. The number of hydrogen-bond donors (Lipinski definition) is 1. The summed E-state index contributed by atoms with van der Waals surface area (Å²) in [5, 5.41) is 18.0. The Bertz CT molecular complexity index is 534. The van der Waals surface area contributed by atoms with Crippen LogP contribution < -0.4 is 0 Å². The summed E-state index contributed by atoms with van der Waals surface area (Å²) in [5.74, 6) is 1.06. The van der Waals surface area contributed by atoms with Crippen molar-refractivity contribution in [1.82, 2.24) is 19.9 Å². The van der Waals surface area contributed by atoms with E-state index >= 15 is 0 Å². The maximum absolute atomic E-state index is 9.96. The van der Waals surface area contributed by atoms with Crippen LogP contribution in [0, 0.1) is 0 Å². The Morgan fingerprint density at radius 1 is 1.39 bits per heavy atom. The summed E-state index contributed by atoms with van der Waals surface area (Å²) in [7, 11) is 1.84. The molecule has 2 unspecified atom stereocenters. The van der Waals surface area contributed by atoms with Gasteiger partial charge >= 0.3 is 0 Å². The van der Waals surface area contributed by atoms with Crippen molar-refractivity contribution in [3.8, 4) is 11.4 Å². The fourth-order valence-corrected chi connectivity index (χ4v) is 2.44. The topological polar surface area (TPSA) is 77.0 Å². The molecule has 0 spiro atoms. The van der Waals surface area contributed by atoms with Gasteiger partial charge in [0.1, 0.15) is 0 Å². The van der Waals surface area contributed by atoms with E-state index < -0.39 is 0 Å². The zero-order valence-electron chi connectivity index (χ0n) is 10.3. The Balaban J connectivity index is 1.84. The van der Waals surface area contributed by atoms with E-state index in [1.54, 1.807) is 10.9 Å². The second kappa shape index (κ2) is 4.53. The Kier molecular flexibility index (Phi) is 2.87. The maximum Gasteiger partial charge on any atom is 0.232 e. The average Bonchev–Trinajstić information content (AvgIpc) is 2.98. The van der Waals surface area contributed by atoms with E-state index in [9.17, 15) is 5.11 Å². The van der Waals surface area contributed by atoms with Gasteiger partial charge in [-0.2, -0.15) is 10.1 Å². The highest BCUT2D eigenvalue weighted by atomic mass is 16.5. The molecule has 3 rings (SSSR count). The molecule has 6 heteroatoms. The van der Waals surface area contributed by atoms with Gasteiger partial charge in [0.2, 0.25) is 11.7 Å². The van der Waals surface area contributed by atoms with Crippen molar-refractivity contribution in [3.05, 3.63) is 18.3 Å². The van der Waals surface area contributed by atoms with Gasteiger partial charge in [-0.25, -0.2) is 0 Å². The molecule has 2 aromatic rings. The third-order valence-corrected chi connectivity index (χ3v) is 3.45. The number of aliphatic hydroxyl groups is 1. The maximum atomic E-state index is 9.96. The third-order valence-electron chi connectivity index (χ3n) is 3.45. The molecule has 2 aromatic heterocycles. The molecule has 2 heterocycles. The van der Waals surface area contributed by atoms with Crippen molar-refractivity contribution < 1.29 is 9.63 Å². The molecule has 18 heavy (non-hydrogen) atoms. The summed E-state index contributed by atoms with van der Waals surface area (Å²) in [5.41, 5.74) is 0.831. The van der Waals surface area contributed by atoms with Gasteiger partial charge in [0.25, 0.3) is 0 Å². The van der Waals surface area contributed by atoms with Gasteiger partial charge in [-0.3, -0.25) is 4.68 Å². The Morgan fingerprint density at radius 2 is 2.22 bits per heavy atom. The number of aromatic nitrogens is 4. The molecule has 0 aromatic carbocycles. The predicted molar refractivity (Wildman–Crippen MR) is 63.7 cm³/mol. The Hall–Kier alpha value is -1.69. The van der Waals surface area contributed by atoms with Crippen LogP contribution in [0.3, 0.4) is 0 Å². The molecule has 0 saturated heterocycles. The Morgan fingerprint density at radius 3 is 2.94 bits per heavy atom. The molecule has 1 N–H and O–H groups in total. The standard InChI is InChI=1S/C12H16N4O2/c1-16-7-8(6-13-16)11-14-12(18-15-11)9-4-2-3-5-10(9)17/h6-7,9-10,17H,2-5H2,1H3. The van der Waals surface area contributed by atoms with Crippen LogP contribution in [0.25, 0.3) is 11.4 Å².